The molecule has 21 heavy (non-hydrogen) atoms. The molecule has 1 fully saturated rings. The van der Waals surface area contributed by atoms with Crippen LogP contribution in [0.1, 0.15) is 23.6 Å². The third kappa shape index (κ3) is 2.94. The van der Waals surface area contributed by atoms with Gasteiger partial charge in [0.05, 0.1) is 12.2 Å². The lowest BCUT2D eigenvalue weighted by atomic mass is 10.0. The van der Waals surface area contributed by atoms with Crippen LogP contribution in [0.3, 0.4) is 0 Å². The van der Waals surface area contributed by atoms with E-state index in [1.54, 1.807) is 29.9 Å². The van der Waals surface area contributed by atoms with E-state index in [1.807, 2.05) is 11.1 Å². The molecule has 5 nitrogen and oxygen atoms in total. The molecule has 0 aliphatic carbocycles. The minimum atomic E-state index is -0.205. The predicted molar refractivity (Wildman–Crippen MR) is 75.1 cm³/mol. The monoisotopic (exact) mass is 288 g/mol. The smallest absolute Gasteiger partial charge is 0.223 e. The fourth-order valence-electron chi connectivity index (χ4n) is 2.51. The summed E-state index contributed by atoms with van der Waals surface area (Å²) < 4.78 is 15.0. The van der Waals surface area contributed by atoms with Crippen LogP contribution in [0.2, 0.25) is 0 Å². The minimum absolute atomic E-state index is 0.133. The number of hydrogen-bond donors (Lipinski definition) is 0. The van der Waals surface area contributed by atoms with Gasteiger partial charge in [0.25, 0.3) is 0 Å². The Balaban J connectivity index is 1.48. The number of nitrogens with zero attached hydrogens (tertiary/aromatic N) is 4. The van der Waals surface area contributed by atoms with E-state index in [1.165, 1.54) is 6.07 Å². The molecule has 1 aliphatic heterocycles. The second-order valence-corrected chi connectivity index (χ2v) is 5.42. The van der Waals surface area contributed by atoms with Crippen LogP contribution in [-0.4, -0.2) is 38.9 Å². The van der Waals surface area contributed by atoms with Gasteiger partial charge >= 0.3 is 0 Å². The van der Waals surface area contributed by atoms with E-state index in [4.69, 9.17) is 0 Å². The number of halogens is 1. The average molecular weight is 288 g/mol. The molecule has 2 heterocycles. The highest BCUT2D eigenvalue weighted by Gasteiger charge is 2.31. The van der Waals surface area contributed by atoms with Crippen LogP contribution in [0.25, 0.3) is 0 Å². The van der Waals surface area contributed by atoms with Crippen LogP contribution >= 0.6 is 0 Å². The van der Waals surface area contributed by atoms with Crippen molar-refractivity contribution in [1.82, 2.24) is 19.9 Å². The van der Waals surface area contributed by atoms with Crippen molar-refractivity contribution < 1.29 is 9.18 Å². The van der Waals surface area contributed by atoms with Gasteiger partial charge in [-0.3, -0.25) is 4.79 Å². The molecule has 0 radical (unpaired) electrons. The number of rotatable bonds is 4. The molecule has 3 rings (SSSR count). The van der Waals surface area contributed by atoms with Gasteiger partial charge in [0.1, 0.15) is 5.82 Å². The Hall–Kier alpha value is -2.24. The minimum Gasteiger partial charge on any atom is -0.338 e. The molecule has 0 atom stereocenters. The van der Waals surface area contributed by atoms with Crippen LogP contribution in [0.15, 0.2) is 30.6 Å². The third-order valence-electron chi connectivity index (χ3n) is 3.88. The van der Waals surface area contributed by atoms with Crippen LogP contribution in [0, 0.1) is 12.7 Å². The van der Waals surface area contributed by atoms with E-state index in [-0.39, 0.29) is 17.8 Å². The molecule has 0 spiro atoms. The summed E-state index contributed by atoms with van der Waals surface area (Å²) in [6.07, 6.45) is 4.55. The number of aromatic nitrogens is 3. The first-order chi connectivity index (χ1) is 10.1. The lowest BCUT2D eigenvalue weighted by Crippen LogP contribution is -2.50. The number of amides is 1. The highest BCUT2D eigenvalue weighted by atomic mass is 19.1. The van der Waals surface area contributed by atoms with Crippen molar-refractivity contribution in [2.45, 2.75) is 25.8 Å². The Morgan fingerprint density at radius 2 is 2.24 bits per heavy atom. The van der Waals surface area contributed by atoms with E-state index in [0.29, 0.717) is 31.5 Å². The molecule has 2 aromatic rings. The lowest BCUT2D eigenvalue weighted by molar-refractivity contribution is -0.137. The quantitative estimate of drug-likeness (QED) is 0.861. The second kappa shape index (κ2) is 5.63. The molecule has 0 bridgehead atoms. The number of likely N-dealkylation sites (tertiary alicyclic amines) is 1. The first-order valence-corrected chi connectivity index (χ1v) is 7.02. The number of hydrogen-bond acceptors (Lipinski definition) is 3. The molecule has 1 saturated heterocycles. The fraction of sp³-hybridized carbons (Fsp3) is 0.400. The molecule has 1 amide bonds. The molecular weight excluding hydrogens is 271 g/mol. The van der Waals surface area contributed by atoms with Gasteiger partial charge in [-0.1, -0.05) is 17.3 Å². The summed E-state index contributed by atoms with van der Waals surface area (Å²) in [4.78, 5) is 13.9. The summed E-state index contributed by atoms with van der Waals surface area (Å²) in [5, 5.41) is 7.70. The van der Waals surface area contributed by atoms with Gasteiger partial charge in [-0.05, 0) is 30.5 Å². The number of carbonyl (C=O) groups is 1. The zero-order chi connectivity index (χ0) is 14.8. The Bertz CT molecular complexity index is 635. The SMILES string of the molecule is Cc1cc(CCC(=O)N2CC(n3ccnn3)C2)ccc1F. The van der Waals surface area contributed by atoms with Crippen LogP contribution in [-0.2, 0) is 11.2 Å². The average Bonchev–Trinajstić information content (AvgIpc) is 2.92. The zero-order valence-electron chi connectivity index (χ0n) is 11.9. The normalized spacial score (nSPS) is 15.0. The van der Waals surface area contributed by atoms with Crippen LogP contribution in [0.4, 0.5) is 4.39 Å². The van der Waals surface area contributed by atoms with Gasteiger partial charge in [-0.25, -0.2) is 9.07 Å². The molecule has 1 aromatic carbocycles. The summed E-state index contributed by atoms with van der Waals surface area (Å²) in [7, 11) is 0. The Labute approximate surface area is 122 Å². The Morgan fingerprint density at radius 3 is 2.90 bits per heavy atom. The largest absolute Gasteiger partial charge is 0.338 e. The summed E-state index contributed by atoms with van der Waals surface area (Å²) in [5.74, 6) is -0.0724. The van der Waals surface area contributed by atoms with Crippen LogP contribution in [0.5, 0.6) is 0 Å². The first-order valence-electron chi connectivity index (χ1n) is 7.02. The van der Waals surface area contributed by atoms with Crippen molar-refractivity contribution in [3.05, 3.63) is 47.5 Å². The molecular formula is C15H17FN4O. The first kappa shape index (κ1) is 13.7. The number of carbonyl (C=O) groups excluding carboxylic acids is 1. The van der Waals surface area contributed by atoms with Crippen LogP contribution < -0.4 is 0 Å². The van der Waals surface area contributed by atoms with E-state index >= 15 is 0 Å². The lowest BCUT2D eigenvalue weighted by Gasteiger charge is -2.38. The van der Waals surface area contributed by atoms with E-state index < -0.39 is 0 Å². The maximum Gasteiger partial charge on any atom is 0.223 e. The van der Waals surface area contributed by atoms with Crippen molar-refractivity contribution >= 4 is 5.91 Å². The molecule has 0 unspecified atom stereocenters. The molecule has 6 heteroatoms. The van der Waals surface area contributed by atoms with Gasteiger partial charge < -0.3 is 4.90 Å². The predicted octanol–water partition coefficient (Wildman–Crippen LogP) is 1.74. The van der Waals surface area contributed by atoms with Gasteiger partial charge in [0.2, 0.25) is 5.91 Å². The maximum absolute atomic E-state index is 13.2. The molecule has 1 aromatic heterocycles. The van der Waals surface area contributed by atoms with Crippen molar-refractivity contribution in [2.24, 2.45) is 0 Å². The van der Waals surface area contributed by atoms with E-state index in [2.05, 4.69) is 10.3 Å². The summed E-state index contributed by atoms with van der Waals surface area (Å²) in [6, 6.07) is 5.24. The van der Waals surface area contributed by atoms with Crippen molar-refractivity contribution in [1.29, 1.82) is 0 Å². The third-order valence-corrected chi connectivity index (χ3v) is 3.88. The number of benzene rings is 1. The Morgan fingerprint density at radius 1 is 1.43 bits per heavy atom. The fourth-order valence-corrected chi connectivity index (χ4v) is 2.51. The van der Waals surface area contributed by atoms with Crippen molar-refractivity contribution in [2.75, 3.05) is 13.1 Å². The summed E-state index contributed by atoms with van der Waals surface area (Å²) in [6.45, 7) is 3.11. The van der Waals surface area contributed by atoms with Gasteiger partial charge in [0, 0.05) is 25.7 Å². The standard InChI is InChI=1S/C15H17FN4O/c1-11-8-12(2-4-14(11)16)3-5-15(21)19-9-13(10-19)20-7-6-17-18-20/h2,4,6-8,13H,3,5,9-10H2,1H3. The topological polar surface area (TPSA) is 51.0 Å². The number of aryl methyl sites for hydroxylation is 2. The second-order valence-electron chi connectivity index (χ2n) is 5.42. The maximum atomic E-state index is 13.2. The van der Waals surface area contributed by atoms with E-state index in [0.717, 1.165) is 5.56 Å². The molecule has 0 N–H and O–H groups in total. The van der Waals surface area contributed by atoms with Crippen molar-refractivity contribution in [3.63, 3.8) is 0 Å². The van der Waals surface area contributed by atoms with Gasteiger partial charge in [-0.15, -0.1) is 5.10 Å². The summed E-state index contributed by atoms with van der Waals surface area (Å²) >= 11 is 0. The van der Waals surface area contributed by atoms with E-state index in [9.17, 15) is 9.18 Å². The van der Waals surface area contributed by atoms with Crippen molar-refractivity contribution in [3.8, 4) is 0 Å². The molecule has 110 valence electrons. The molecule has 0 saturated carbocycles. The molecule has 1 aliphatic rings. The highest BCUT2D eigenvalue weighted by Crippen LogP contribution is 2.21. The summed E-state index contributed by atoms with van der Waals surface area (Å²) in [5.41, 5.74) is 1.62. The van der Waals surface area contributed by atoms with Gasteiger partial charge in [-0.2, -0.15) is 0 Å². The Kier molecular flexibility index (Phi) is 3.68. The zero-order valence-corrected chi connectivity index (χ0v) is 11.9. The van der Waals surface area contributed by atoms with Gasteiger partial charge in [0.15, 0.2) is 0 Å². The highest BCUT2D eigenvalue weighted by molar-refractivity contribution is 5.77.